The third-order valence-electron chi connectivity index (χ3n) is 3.29. The predicted octanol–water partition coefficient (Wildman–Crippen LogP) is 1.20. The zero-order chi connectivity index (χ0) is 13.7. The highest BCUT2D eigenvalue weighted by atomic mass is 16.4. The minimum atomic E-state index is -0.796. The number of carboxylic acids is 1. The van der Waals surface area contributed by atoms with Gasteiger partial charge in [-0.2, -0.15) is 5.26 Å². The third-order valence-corrected chi connectivity index (χ3v) is 3.29. The molecule has 0 amide bonds. The average Bonchev–Trinajstić information content (AvgIpc) is 2.63. The molecule has 0 spiro atoms. The molecule has 0 aromatic heterocycles. The number of rotatable bonds is 3. The summed E-state index contributed by atoms with van der Waals surface area (Å²) < 4.78 is 0. The Balaban J connectivity index is 2.25. The van der Waals surface area contributed by atoms with Crippen LogP contribution in [0.4, 0.5) is 5.69 Å². The molecule has 2 rings (SSSR count). The Bertz CT molecular complexity index is 496. The van der Waals surface area contributed by atoms with Crippen molar-refractivity contribution in [2.24, 2.45) is 0 Å². The van der Waals surface area contributed by atoms with Gasteiger partial charge in [-0.3, -0.25) is 4.79 Å². The Hall–Kier alpha value is -2.06. The minimum Gasteiger partial charge on any atom is -0.481 e. The van der Waals surface area contributed by atoms with Crippen LogP contribution in [0.2, 0.25) is 0 Å². The van der Waals surface area contributed by atoms with Crippen molar-refractivity contribution in [1.82, 2.24) is 5.32 Å². The van der Waals surface area contributed by atoms with Crippen LogP contribution in [0.5, 0.6) is 0 Å². The number of nitrogens with zero attached hydrogens (tertiary/aromatic N) is 2. The summed E-state index contributed by atoms with van der Waals surface area (Å²) in [5.41, 5.74) is 1.53. The fourth-order valence-corrected chi connectivity index (χ4v) is 2.41. The summed E-state index contributed by atoms with van der Waals surface area (Å²) in [7, 11) is 0. The molecule has 0 bridgehead atoms. The van der Waals surface area contributed by atoms with Gasteiger partial charge >= 0.3 is 5.97 Å². The van der Waals surface area contributed by atoms with E-state index < -0.39 is 5.97 Å². The zero-order valence-electron chi connectivity index (χ0n) is 10.7. The van der Waals surface area contributed by atoms with E-state index in [-0.39, 0.29) is 12.5 Å². The second kappa shape index (κ2) is 6.21. The maximum absolute atomic E-state index is 11.0. The summed E-state index contributed by atoms with van der Waals surface area (Å²) >= 11 is 0. The smallest absolute Gasteiger partial charge is 0.305 e. The van der Waals surface area contributed by atoms with Crippen LogP contribution in [0, 0.1) is 11.3 Å². The lowest BCUT2D eigenvalue weighted by Crippen LogP contribution is -2.41. The molecule has 1 fully saturated rings. The van der Waals surface area contributed by atoms with Crippen LogP contribution in [-0.2, 0) is 4.79 Å². The van der Waals surface area contributed by atoms with E-state index >= 15 is 0 Å². The molecule has 1 heterocycles. The summed E-state index contributed by atoms with van der Waals surface area (Å²) in [6.45, 7) is 2.35. The van der Waals surface area contributed by atoms with Gasteiger partial charge in [0.25, 0.3) is 0 Å². The number of carbonyl (C=O) groups is 1. The number of nitriles is 1. The molecule has 5 nitrogen and oxygen atoms in total. The van der Waals surface area contributed by atoms with Crippen molar-refractivity contribution in [2.45, 2.75) is 18.9 Å². The second-order valence-corrected chi connectivity index (χ2v) is 4.66. The number of anilines is 1. The number of aliphatic carboxylic acids is 1. The van der Waals surface area contributed by atoms with E-state index in [0.29, 0.717) is 12.1 Å². The van der Waals surface area contributed by atoms with Crippen molar-refractivity contribution in [2.75, 3.05) is 24.5 Å². The van der Waals surface area contributed by atoms with E-state index in [1.54, 1.807) is 6.07 Å². The van der Waals surface area contributed by atoms with E-state index in [1.165, 1.54) is 0 Å². The predicted molar refractivity (Wildman–Crippen MR) is 72.0 cm³/mol. The van der Waals surface area contributed by atoms with Gasteiger partial charge in [0.15, 0.2) is 0 Å². The molecule has 1 aromatic carbocycles. The molecular weight excluding hydrogens is 242 g/mol. The highest BCUT2D eigenvalue weighted by Gasteiger charge is 2.23. The van der Waals surface area contributed by atoms with Gasteiger partial charge in [0.05, 0.1) is 24.1 Å². The van der Waals surface area contributed by atoms with Crippen molar-refractivity contribution < 1.29 is 9.90 Å². The Kier molecular flexibility index (Phi) is 4.37. The molecule has 1 unspecified atom stereocenters. The van der Waals surface area contributed by atoms with Crippen LogP contribution in [0.3, 0.4) is 0 Å². The number of hydrogen-bond acceptors (Lipinski definition) is 4. The van der Waals surface area contributed by atoms with Crippen LogP contribution < -0.4 is 10.2 Å². The number of hydrogen-bond donors (Lipinski definition) is 2. The van der Waals surface area contributed by atoms with Gasteiger partial charge in [-0.1, -0.05) is 6.07 Å². The molecule has 5 heteroatoms. The molecule has 0 radical (unpaired) electrons. The first-order valence-corrected chi connectivity index (χ1v) is 6.40. The van der Waals surface area contributed by atoms with Gasteiger partial charge in [0.1, 0.15) is 0 Å². The molecule has 100 valence electrons. The first-order valence-electron chi connectivity index (χ1n) is 6.40. The maximum Gasteiger partial charge on any atom is 0.305 e. The first kappa shape index (κ1) is 13.4. The Morgan fingerprint density at radius 2 is 2.42 bits per heavy atom. The number of carboxylic acid groups (broad SMARTS) is 1. The standard InChI is InChI=1S/C14H17N3O2/c15-9-11-3-1-4-12(7-11)17-6-2-5-16-10-13(17)8-14(18)19/h1,3-4,7,13,16H,2,5-6,8,10H2,(H,18,19). The SMILES string of the molecule is N#Cc1cccc(N2CCCNCC2CC(=O)O)c1. The molecule has 2 N–H and O–H groups in total. The Morgan fingerprint density at radius 3 is 3.16 bits per heavy atom. The fourth-order valence-electron chi connectivity index (χ4n) is 2.41. The quantitative estimate of drug-likeness (QED) is 0.853. The second-order valence-electron chi connectivity index (χ2n) is 4.66. The van der Waals surface area contributed by atoms with E-state index in [1.807, 2.05) is 18.2 Å². The van der Waals surface area contributed by atoms with Crippen LogP contribution in [0.15, 0.2) is 24.3 Å². The largest absolute Gasteiger partial charge is 0.481 e. The van der Waals surface area contributed by atoms with Crippen LogP contribution in [0.25, 0.3) is 0 Å². The summed E-state index contributed by atoms with van der Waals surface area (Å²) in [5, 5.41) is 21.2. The van der Waals surface area contributed by atoms with E-state index in [0.717, 1.165) is 25.2 Å². The monoisotopic (exact) mass is 259 g/mol. The van der Waals surface area contributed by atoms with Crippen molar-refractivity contribution in [3.8, 4) is 6.07 Å². The number of benzene rings is 1. The van der Waals surface area contributed by atoms with Gasteiger partial charge < -0.3 is 15.3 Å². The highest BCUT2D eigenvalue weighted by molar-refractivity contribution is 5.69. The lowest BCUT2D eigenvalue weighted by Gasteiger charge is -2.31. The normalized spacial score (nSPS) is 19.5. The van der Waals surface area contributed by atoms with Gasteiger partial charge in [0, 0.05) is 18.8 Å². The fraction of sp³-hybridized carbons (Fsp3) is 0.429. The molecule has 1 saturated heterocycles. The molecule has 1 aliphatic rings. The van der Waals surface area contributed by atoms with Gasteiger partial charge in [-0.15, -0.1) is 0 Å². The number of nitrogens with one attached hydrogen (secondary N) is 1. The molecule has 1 aromatic rings. The van der Waals surface area contributed by atoms with Crippen molar-refractivity contribution >= 4 is 11.7 Å². The summed E-state index contributed by atoms with van der Waals surface area (Å²) in [6.07, 6.45) is 1.07. The van der Waals surface area contributed by atoms with E-state index in [2.05, 4.69) is 16.3 Å². The van der Waals surface area contributed by atoms with E-state index in [4.69, 9.17) is 10.4 Å². The van der Waals surface area contributed by atoms with Crippen molar-refractivity contribution in [3.63, 3.8) is 0 Å². The molecule has 1 atom stereocenters. The molecule has 1 aliphatic heterocycles. The molecule has 0 saturated carbocycles. The van der Waals surface area contributed by atoms with Crippen molar-refractivity contribution in [1.29, 1.82) is 5.26 Å². The molecule has 19 heavy (non-hydrogen) atoms. The highest BCUT2D eigenvalue weighted by Crippen LogP contribution is 2.21. The first-order chi connectivity index (χ1) is 9.20. The maximum atomic E-state index is 11.0. The zero-order valence-corrected chi connectivity index (χ0v) is 10.7. The average molecular weight is 259 g/mol. The summed E-state index contributed by atoms with van der Waals surface area (Å²) in [4.78, 5) is 13.1. The Labute approximate surface area is 112 Å². The Morgan fingerprint density at radius 1 is 1.58 bits per heavy atom. The summed E-state index contributed by atoms with van der Waals surface area (Å²) in [5.74, 6) is -0.796. The van der Waals surface area contributed by atoms with Gasteiger partial charge in [-0.25, -0.2) is 0 Å². The topological polar surface area (TPSA) is 76.4 Å². The molecule has 0 aliphatic carbocycles. The lowest BCUT2D eigenvalue weighted by atomic mass is 10.1. The molecular formula is C14H17N3O2. The van der Waals surface area contributed by atoms with Crippen LogP contribution in [0.1, 0.15) is 18.4 Å². The van der Waals surface area contributed by atoms with Gasteiger partial charge in [0.2, 0.25) is 0 Å². The van der Waals surface area contributed by atoms with E-state index in [9.17, 15) is 4.79 Å². The summed E-state index contributed by atoms with van der Waals surface area (Å²) in [6, 6.07) is 9.39. The lowest BCUT2D eigenvalue weighted by molar-refractivity contribution is -0.137. The minimum absolute atomic E-state index is 0.0751. The van der Waals surface area contributed by atoms with Gasteiger partial charge in [-0.05, 0) is 31.2 Å². The third kappa shape index (κ3) is 3.46. The van der Waals surface area contributed by atoms with Crippen molar-refractivity contribution in [3.05, 3.63) is 29.8 Å². The van der Waals surface area contributed by atoms with Crippen LogP contribution in [-0.4, -0.2) is 36.8 Å². The van der Waals surface area contributed by atoms with Crippen LogP contribution >= 0.6 is 0 Å².